The van der Waals surface area contributed by atoms with Crippen LogP contribution in [0.3, 0.4) is 0 Å². The Morgan fingerprint density at radius 3 is 2.77 bits per heavy atom. The Morgan fingerprint density at radius 1 is 1.69 bits per heavy atom. The predicted molar refractivity (Wildman–Crippen MR) is 46.6 cm³/mol. The van der Waals surface area contributed by atoms with Gasteiger partial charge < -0.3 is 5.73 Å². The van der Waals surface area contributed by atoms with Crippen molar-refractivity contribution < 1.29 is 4.79 Å². The van der Waals surface area contributed by atoms with Gasteiger partial charge in [-0.2, -0.15) is 5.26 Å². The Balaban J connectivity index is 2.93. The molecule has 0 spiro atoms. The molecule has 1 heterocycles. The summed E-state index contributed by atoms with van der Waals surface area (Å²) in [6.45, 7) is 1.41. The summed E-state index contributed by atoms with van der Waals surface area (Å²) in [6, 6.07) is 4.42. The van der Waals surface area contributed by atoms with Gasteiger partial charge in [-0.1, -0.05) is 0 Å². The molecule has 0 fully saturated rings. The Hall–Kier alpha value is -1.73. The summed E-state index contributed by atoms with van der Waals surface area (Å²) in [5.74, 6) is -0.141. The fourth-order valence-electron chi connectivity index (χ4n) is 0.864. The molecule has 1 aromatic rings. The maximum Gasteiger partial charge on any atom is 0.152 e. The minimum atomic E-state index is -0.687. The van der Waals surface area contributed by atoms with E-state index in [1.165, 1.54) is 13.1 Å². The van der Waals surface area contributed by atoms with Gasteiger partial charge in [0.2, 0.25) is 0 Å². The molecule has 0 aromatic carbocycles. The van der Waals surface area contributed by atoms with Crippen LogP contribution in [0.5, 0.6) is 0 Å². The van der Waals surface area contributed by atoms with E-state index >= 15 is 0 Å². The van der Waals surface area contributed by atoms with Crippen LogP contribution in [-0.2, 0) is 4.79 Å². The van der Waals surface area contributed by atoms with Gasteiger partial charge in [0.05, 0.1) is 11.3 Å². The summed E-state index contributed by atoms with van der Waals surface area (Å²) in [6.07, 6.45) is 1.40. The molecule has 0 saturated heterocycles. The van der Waals surface area contributed by atoms with Gasteiger partial charge in [0.15, 0.2) is 5.78 Å². The summed E-state index contributed by atoms with van der Waals surface area (Å²) in [5, 5.41) is 8.49. The molecular weight excluding hydrogens is 166 g/mol. The summed E-state index contributed by atoms with van der Waals surface area (Å²) in [5.41, 5.74) is 6.48. The van der Waals surface area contributed by atoms with E-state index in [1.54, 1.807) is 12.1 Å². The van der Waals surface area contributed by atoms with Crippen molar-refractivity contribution >= 4 is 5.78 Å². The van der Waals surface area contributed by atoms with Crippen molar-refractivity contribution in [2.45, 2.75) is 13.0 Å². The molecule has 1 aromatic heterocycles. The molecule has 0 aliphatic rings. The monoisotopic (exact) mass is 175 g/mol. The number of pyridine rings is 1. The van der Waals surface area contributed by atoms with E-state index in [4.69, 9.17) is 11.0 Å². The molecule has 0 aliphatic heterocycles. The first-order valence-corrected chi connectivity index (χ1v) is 3.77. The van der Waals surface area contributed by atoms with Crippen LogP contribution < -0.4 is 5.73 Å². The molecule has 1 unspecified atom stereocenters. The number of nitrogens with zero attached hydrogens (tertiary/aromatic N) is 2. The highest BCUT2D eigenvalue weighted by Crippen LogP contribution is 2.08. The number of Topliss-reactive ketones (excluding diaryl/α,β-unsaturated/α-hetero) is 1. The van der Waals surface area contributed by atoms with Gasteiger partial charge in [0.1, 0.15) is 12.1 Å². The Labute approximate surface area is 76.0 Å². The minimum Gasteiger partial charge on any atom is -0.317 e. The fourth-order valence-corrected chi connectivity index (χ4v) is 0.864. The minimum absolute atomic E-state index is 0.141. The van der Waals surface area contributed by atoms with Gasteiger partial charge in [-0.05, 0) is 19.1 Å². The fraction of sp³-hybridized carbons (Fsp3) is 0.222. The molecule has 1 rings (SSSR count). The molecule has 4 heteroatoms. The molecular formula is C9H9N3O. The highest BCUT2D eigenvalue weighted by atomic mass is 16.1. The second-order valence-electron chi connectivity index (χ2n) is 2.67. The van der Waals surface area contributed by atoms with Crippen LogP contribution in [-0.4, -0.2) is 10.8 Å². The maximum absolute atomic E-state index is 10.9. The quantitative estimate of drug-likeness (QED) is 0.711. The zero-order chi connectivity index (χ0) is 9.84. The third-order valence-electron chi connectivity index (χ3n) is 1.67. The summed E-state index contributed by atoms with van der Waals surface area (Å²) >= 11 is 0. The number of hydrogen-bond donors (Lipinski definition) is 1. The lowest BCUT2D eigenvalue weighted by molar-refractivity contribution is -0.118. The topological polar surface area (TPSA) is 79.8 Å². The normalized spacial score (nSPS) is 11.8. The average Bonchev–Trinajstić information content (AvgIpc) is 2.17. The molecule has 0 aliphatic carbocycles. The first-order chi connectivity index (χ1) is 6.15. The lowest BCUT2D eigenvalue weighted by Gasteiger charge is -2.05. The van der Waals surface area contributed by atoms with E-state index < -0.39 is 6.04 Å². The highest BCUT2D eigenvalue weighted by molar-refractivity contribution is 5.82. The number of aromatic nitrogens is 1. The van der Waals surface area contributed by atoms with E-state index in [1.807, 2.05) is 6.07 Å². The molecule has 13 heavy (non-hydrogen) atoms. The van der Waals surface area contributed by atoms with Crippen molar-refractivity contribution in [3.63, 3.8) is 0 Å². The number of hydrogen-bond acceptors (Lipinski definition) is 4. The summed E-state index contributed by atoms with van der Waals surface area (Å²) in [7, 11) is 0. The van der Waals surface area contributed by atoms with Crippen LogP contribution in [0, 0.1) is 11.3 Å². The zero-order valence-corrected chi connectivity index (χ0v) is 7.19. The Bertz CT molecular complexity index is 350. The standard InChI is InChI=1S/C9H9N3O/c1-6(13)9(11)8-3-2-7(4-10)5-12-8/h2-3,5,9H,11H2,1H3. The van der Waals surface area contributed by atoms with Gasteiger partial charge in [0.25, 0.3) is 0 Å². The van der Waals surface area contributed by atoms with E-state index in [2.05, 4.69) is 4.98 Å². The van der Waals surface area contributed by atoms with Crippen molar-refractivity contribution in [2.75, 3.05) is 0 Å². The smallest absolute Gasteiger partial charge is 0.152 e. The molecule has 1 atom stereocenters. The Morgan fingerprint density at radius 2 is 2.38 bits per heavy atom. The number of ketones is 1. The van der Waals surface area contributed by atoms with E-state index in [9.17, 15) is 4.79 Å². The maximum atomic E-state index is 10.9. The average molecular weight is 175 g/mol. The van der Waals surface area contributed by atoms with E-state index in [-0.39, 0.29) is 5.78 Å². The lowest BCUT2D eigenvalue weighted by atomic mass is 10.1. The van der Waals surface area contributed by atoms with Gasteiger partial charge in [-0.3, -0.25) is 9.78 Å². The zero-order valence-electron chi connectivity index (χ0n) is 7.19. The molecule has 0 bridgehead atoms. The van der Waals surface area contributed by atoms with Gasteiger partial charge in [0, 0.05) is 6.20 Å². The number of carbonyl (C=O) groups excluding carboxylic acids is 1. The van der Waals surface area contributed by atoms with Crippen molar-refractivity contribution in [3.8, 4) is 6.07 Å². The highest BCUT2D eigenvalue weighted by Gasteiger charge is 2.11. The predicted octanol–water partition coefficient (Wildman–Crippen LogP) is 0.542. The second kappa shape index (κ2) is 3.78. The summed E-state index contributed by atoms with van der Waals surface area (Å²) in [4.78, 5) is 14.8. The number of rotatable bonds is 2. The molecule has 4 nitrogen and oxygen atoms in total. The van der Waals surface area contributed by atoms with Gasteiger partial charge >= 0.3 is 0 Å². The Kier molecular flexibility index (Phi) is 2.72. The van der Waals surface area contributed by atoms with E-state index in [0.717, 1.165) is 0 Å². The lowest BCUT2D eigenvalue weighted by Crippen LogP contribution is -2.19. The third kappa shape index (κ3) is 2.10. The number of carbonyl (C=O) groups is 1. The molecule has 66 valence electrons. The van der Waals surface area contributed by atoms with Crippen LogP contribution >= 0.6 is 0 Å². The van der Waals surface area contributed by atoms with Crippen molar-refractivity contribution in [1.29, 1.82) is 5.26 Å². The molecule has 0 saturated carbocycles. The van der Waals surface area contributed by atoms with Crippen molar-refractivity contribution in [3.05, 3.63) is 29.6 Å². The second-order valence-corrected chi connectivity index (χ2v) is 2.67. The summed E-state index contributed by atoms with van der Waals surface area (Å²) < 4.78 is 0. The van der Waals surface area contributed by atoms with E-state index in [0.29, 0.717) is 11.3 Å². The SMILES string of the molecule is CC(=O)C(N)c1ccc(C#N)cn1. The number of nitrogens with two attached hydrogens (primary N) is 1. The van der Waals surface area contributed by atoms with Crippen LogP contribution in [0.4, 0.5) is 0 Å². The van der Waals surface area contributed by atoms with Crippen LogP contribution in [0.15, 0.2) is 18.3 Å². The van der Waals surface area contributed by atoms with Crippen LogP contribution in [0.1, 0.15) is 24.2 Å². The number of nitriles is 1. The first-order valence-electron chi connectivity index (χ1n) is 3.77. The molecule has 2 N–H and O–H groups in total. The molecule has 0 amide bonds. The van der Waals surface area contributed by atoms with Crippen LogP contribution in [0.25, 0.3) is 0 Å². The first kappa shape index (κ1) is 9.36. The third-order valence-corrected chi connectivity index (χ3v) is 1.67. The van der Waals surface area contributed by atoms with Crippen molar-refractivity contribution in [1.82, 2.24) is 4.98 Å². The van der Waals surface area contributed by atoms with Crippen molar-refractivity contribution in [2.24, 2.45) is 5.73 Å². The molecule has 0 radical (unpaired) electrons. The largest absolute Gasteiger partial charge is 0.317 e. The van der Waals surface area contributed by atoms with Gasteiger partial charge in [-0.25, -0.2) is 0 Å². The van der Waals surface area contributed by atoms with Crippen LogP contribution in [0.2, 0.25) is 0 Å². The van der Waals surface area contributed by atoms with Gasteiger partial charge in [-0.15, -0.1) is 0 Å².